The number of rotatable bonds is 12. The number of amides is 1. The third-order valence-corrected chi connectivity index (χ3v) is 8.02. The van der Waals surface area contributed by atoms with Gasteiger partial charge in [-0.1, -0.05) is 45.0 Å². The van der Waals surface area contributed by atoms with Crippen LogP contribution in [0.4, 0.5) is 11.8 Å². The Balaban J connectivity index is 1.81. The number of carbonyl (C=O) groups is 2. The minimum atomic E-state index is -4.19. The molecule has 0 bridgehead atoms. The second-order valence-corrected chi connectivity index (χ2v) is 12.4. The monoisotopic (exact) mass is 613 g/mol. The number of nitrogens with one attached hydrogen (secondary N) is 1. The molecule has 1 aliphatic rings. The molecule has 2 aromatic carbocycles. The van der Waals surface area contributed by atoms with Crippen LogP contribution in [0.25, 0.3) is 0 Å². The van der Waals surface area contributed by atoms with Gasteiger partial charge in [0.25, 0.3) is 15.9 Å². The first-order chi connectivity index (χ1) is 20.4. The van der Waals surface area contributed by atoms with Gasteiger partial charge >= 0.3 is 5.97 Å². The summed E-state index contributed by atoms with van der Waals surface area (Å²) in [6.07, 6.45) is 0.417. The molecule has 1 aromatic heterocycles. The average molecular weight is 614 g/mol. The maximum atomic E-state index is 13.6. The van der Waals surface area contributed by atoms with Crippen molar-refractivity contribution in [1.29, 1.82) is 0 Å². The highest BCUT2D eigenvalue weighted by Crippen LogP contribution is 2.41. The number of anilines is 2. The quantitative estimate of drug-likeness (QED) is 0.288. The Morgan fingerprint density at radius 2 is 1.67 bits per heavy atom. The van der Waals surface area contributed by atoms with Gasteiger partial charge in [-0.05, 0) is 35.2 Å². The van der Waals surface area contributed by atoms with E-state index >= 15 is 0 Å². The van der Waals surface area contributed by atoms with Crippen molar-refractivity contribution in [3.8, 4) is 23.1 Å². The lowest BCUT2D eigenvalue weighted by molar-refractivity contribution is -0.137. The van der Waals surface area contributed by atoms with Crippen molar-refractivity contribution in [3.63, 3.8) is 0 Å². The summed E-state index contributed by atoms with van der Waals surface area (Å²) in [6, 6.07) is 13.2. The van der Waals surface area contributed by atoms with Crippen molar-refractivity contribution in [2.75, 3.05) is 49.5 Å². The number of benzene rings is 2. The van der Waals surface area contributed by atoms with Gasteiger partial charge in [-0.2, -0.15) is 9.97 Å². The molecule has 1 amide bonds. The van der Waals surface area contributed by atoms with Gasteiger partial charge in [-0.25, -0.2) is 8.42 Å². The highest BCUT2D eigenvalue weighted by atomic mass is 32.2. The topological polar surface area (TPSA) is 160 Å². The molecule has 230 valence electrons. The van der Waals surface area contributed by atoms with Crippen LogP contribution >= 0.6 is 0 Å². The number of nitrogens with zero attached hydrogens (tertiary/aromatic N) is 4. The lowest BCUT2D eigenvalue weighted by atomic mass is 9.87. The van der Waals surface area contributed by atoms with Crippen LogP contribution in [-0.4, -0.2) is 80.7 Å². The number of piperazine rings is 1. The summed E-state index contributed by atoms with van der Waals surface area (Å²) in [7, 11) is -2.74. The van der Waals surface area contributed by atoms with Gasteiger partial charge in [0.2, 0.25) is 18.1 Å². The number of aromatic nitrogens is 2. The van der Waals surface area contributed by atoms with E-state index in [4.69, 9.17) is 14.2 Å². The Kier molecular flexibility index (Phi) is 9.59. The molecule has 0 unspecified atom stereocenters. The summed E-state index contributed by atoms with van der Waals surface area (Å²) >= 11 is 0. The van der Waals surface area contributed by atoms with Crippen molar-refractivity contribution in [2.45, 2.75) is 37.5 Å². The standard InChI is InChI=1S/C29H35N5O8S/c1-29(2,3)20-9-11-21(12-10-20)43(38,39)32-26-25(42-23-8-6-5-7-22(23)40-4)27(41-18-13-24(36)37)31-28(30-26)34-16-14-33(19-35)15-17-34/h5-12,19H,13-18H2,1-4H3,(H,36,37)(H,30,31,32). The fourth-order valence-electron chi connectivity index (χ4n) is 4.21. The van der Waals surface area contributed by atoms with E-state index in [0.29, 0.717) is 31.9 Å². The smallest absolute Gasteiger partial charge is 0.306 e. The maximum Gasteiger partial charge on any atom is 0.306 e. The second kappa shape index (κ2) is 13.2. The summed E-state index contributed by atoms with van der Waals surface area (Å²) in [5.74, 6) is -0.983. The van der Waals surface area contributed by atoms with E-state index in [0.717, 1.165) is 12.0 Å². The number of methoxy groups -OCH3 is 1. The Hall–Kier alpha value is -4.59. The summed E-state index contributed by atoms with van der Waals surface area (Å²) in [5, 5.41) is 9.18. The van der Waals surface area contributed by atoms with Crippen LogP contribution in [0.2, 0.25) is 0 Å². The number of carbonyl (C=O) groups excluding carboxylic acids is 1. The van der Waals surface area contributed by atoms with Gasteiger partial charge in [-0.15, -0.1) is 0 Å². The SMILES string of the molecule is COc1ccccc1Oc1c(NS(=O)(=O)c2ccc(C(C)(C)C)cc2)nc(N2CCN(C=O)CC2)nc1OCCC(=O)O. The number of hydrogen-bond donors (Lipinski definition) is 2. The third-order valence-electron chi connectivity index (χ3n) is 6.67. The first-order valence-corrected chi connectivity index (χ1v) is 15.0. The number of sulfonamides is 1. The maximum absolute atomic E-state index is 13.6. The van der Waals surface area contributed by atoms with Crippen molar-refractivity contribution in [1.82, 2.24) is 14.9 Å². The van der Waals surface area contributed by atoms with E-state index in [2.05, 4.69) is 14.7 Å². The molecule has 1 fully saturated rings. The van der Waals surface area contributed by atoms with Crippen molar-refractivity contribution < 1.29 is 37.3 Å². The van der Waals surface area contributed by atoms with Crippen LogP contribution in [0.3, 0.4) is 0 Å². The summed E-state index contributed by atoms with van der Waals surface area (Å²) in [4.78, 5) is 34.8. The first-order valence-electron chi connectivity index (χ1n) is 13.6. The number of para-hydroxylation sites is 2. The second-order valence-electron chi connectivity index (χ2n) is 10.8. The molecule has 4 rings (SSSR count). The van der Waals surface area contributed by atoms with Gasteiger partial charge in [0.1, 0.15) is 6.61 Å². The molecular weight excluding hydrogens is 578 g/mol. The zero-order chi connectivity index (χ0) is 31.2. The molecule has 0 atom stereocenters. The molecule has 0 aliphatic carbocycles. The van der Waals surface area contributed by atoms with E-state index in [-0.39, 0.29) is 52.5 Å². The fraction of sp³-hybridized carbons (Fsp3) is 0.379. The predicted octanol–water partition coefficient (Wildman–Crippen LogP) is 3.51. The van der Waals surface area contributed by atoms with Crippen LogP contribution in [-0.2, 0) is 25.0 Å². The Morgan fingerprint density at radius 1 is 1.02 bits per heavy atom. The number of ether oxygens (including phenoxy) is 3. The number of carboxylic acids is 1. The van der Waals surface area contributed by atoms with Gasteiger partial charge in [-0.3, -0.25) is 14.3 Å². The van der Waals surface area contributed by atoms with Gasteiger partial charge in [0.15, 0.2) is 17.3 Å². The Bertz CT molecular complexity index is 1550. The molecule has 1 aliphatic heterocycles. The lowest BCUT2D eigenvalue weighted by Crippen LogP contribution is -2.46. The lowest BCUT2D eigenvalue weighted by Gasteiger charge is -2.33. The fourth-order valence-corrected chi connectivity index (χ4v) is 5.22. The normalized spacial score (nSPS) is 13.8. The summed E-state index contributed by atoms with van der Waals surface area (Å²) in [6.45, 7) is 7.37. The van der Waals surface area contributed by atoms with Crippen molar-refractivity contribution >= 4 is 34.2 Å². The van der Waals surface area contributed by atoms with Crippen molar-refractivity contribution in [3.05, 3.63) is 54.1 Å². The Morgan fingerprint density at radius 3 is 2.26 bits per heavy atom. The first kappa shape index (κ1) is 31.3. The average Bonchev–Trinajstić information content (AvgIpc) is 2.98. The number of carboxylic acid groups (broad SMARTS) is 1. The van der Waals surface area contributed by atoms with Gasteiger partial charge in [0, 0.05) is 26.2 Å². The molecule has 1 saturated heterocycles. The van der Waals surface area contributed by atoms with E-state index < -0.39 is 16.0 Å². The van der Waals surface area contributed by atoms with Gasteiger partial charge in [0.05, 0.1) is 18.4 Å². The zero-order valence-electron chi connectivity index (χ0n) is 24.4. The Labute approximate surface area is 250 Å². The number of hydrogen-bond acceptors (Lipinski definition) is 10. The van der Waals surface area contributed by atoms with Crippen LogP contribution in [0, 0.1) is 0 Å². The minimum Gasteiger partial charge on any atom is -0.493 e. The van der Waals surface area contributed by atoms with Crippen LogP contribution in [0.1, 0.15) is 32.8 Å². The molecular formula is C29H35N5O8S. The largest absolute Gasteiger partial charge is 0.493 e. The molecule has 0 saturated carbocycles. The highest BCUT2D eigenvalue weighted by molar-refractivity contribution is 7.92. The van der Waals surface area contributed by atoms with E-state index in [9.17, 15) is 23.1 Å². The van der Waals surface area contributed by atoms with E-state index in [1.165, 1.54) is 19.2 Å². The molecule has 0 radical (unpaired) electrons. The molecule has 2 N–H and O–H groups in total. The highest BCUT2D eigenvalue weighted by Gasteiger charge is 2.28. The van der Waals surface area contributed by atoms with Crippen LogP contribution in [0.15, 0.2) is 53.4 Å². The van der Waals surface area contributed by atoms with Crippen LogP contribution in [0.5, 0.6) is 23.1 Å². The van der Waals surface area contributed by atoms with Gasteiger partial charge < -0.3 is 29.1 Å². The third kappa shape index (κ3) is 7.83. The molecule has 0 spiro atoms. The van der Waals surface area contributed by atoms with E-state index in [1.54, 1.807) is 46.2 Å². The van der Waals surface area contributed by atoms with Crippen LogP contribution < -0.4 is 23.8 Å². The summed E-state index contributed by atoms with van der Waals surface area (Å²) in [5.41, 5.74) is 0.780. The molecule has 14 heteroatoms. The molecule has 3 aromatic rings. The summed E-state index contributed by atoms with van der Waals surface area (Å²) < 4.78 is 47.1. The number of aliphatic carboxylic acids is 1. The van der Waals surface area contributed by atoms with Crippen molar-refractivity contribution in [2.24, 2.45) is 0 Å². The van der Waals surface area contributed by atoms with E-state index in [1.807, 2.05) is 20.8 Å². The minimum absolute atomic E-state index is 0.00292. The molecule has 43 heavy (non-hydrogen) atoms. The molecule has 2 heterocycles. The predicted molar refractivity (Wildman–Crippen MR) is 159 cm³/mol. The molecule has 13 nitrogen and oxygen atoms in total. The zero-order valence-corrected chi connectivity index (χ0v) is 25.3.